The first-order chi connectivity index (χ1) is 16.1. The maximum atomic E-state index is 13.2. The van der Waals surface area contributed by atoms with Gasteiger partial charge in [0.15, 0.2) is 11.2 Å². The predicted octanol–water partition coefficient (Wildman–Crippen LogP) is 2.60. The maximum absolute atomic E-state index is 13.2. The van der Waals surface area contributed by atoms with E-state index in [1.807, 2.05) is 11.0 Å². The molecule has 168 valence electrons. The highest BCUT2D eigenvalue weighted by molar-refractivity contribution is 5.77. The van der Waals surface area contributed by atoms with Crippen molar-refractivity contribution in [2.75, 3.05) is 13.1 Å². The fourth-order valence-corrected chi connectivity index (χ4v) is 4.29. The van der Waals surface area contributed by atoms with E-state index in [4.69, 9.17) is 0 Å². The Morgan fingerprint density at radius 3 is 2.48 bits per heavy atom. The molecule has 1 saturated heterocycles. The Morgan fingerprint density at radius 1 is 1.03 bits per heavy atom. The number of hydrogen-bond donors (Lipinski definition) is 0. The number of carbonyl (C=O) groups is 1. The standard InChI is InChI=1S/C24H23FN6O2/c25-19-6-8-20(9-7-19)31-23-22(27-28-31)24(33)30(16-26-23)15-21(32)29-12-10-18(11-13-29)14-17-4-2-1-3-5-17/h1-9,16,18H,10-15H2. The van der Waals surface area contributed by atoms with Gasteiger partial charge in [-0.2, -0.15) is 4.68 Å². The van der Waals surface area contributed by atoms with Crippen LogP contribution in [0.3, 0.4) is 0 Å². The second kappa shape index (κ2) is 8.93. The first-order valence-electron chi connectivity index (χ1n) is 11.0. The summed E-state index contributed by atoms with van der Waals surface area (Å²) >= 11 is 0. The summed E-state index contributed by atoms with van der Waals surface area (Å²) in [6, 6.07) is 16.0. The number of piperidine rings is 1. The zero-order valence-electron chi connectivity index (χ0n) is 18.0. The molecule has 5 rings (SSSR count). The van der Waals surface area contributed by atoms with Gasteiger partial charge in [0.05, 0.1) is 5.69 Å². The van der Waals surface area contributed by atoms with Crippen LogP contribution in [0.2, 0.25) is 0 Å². The molecule has 4 aromatic rings. The first-order valence-corrected chi connectivity index (χ1v) is 11.0. The van der Waals surface area contributed by atoms with Crippen molar-refractivity contribution < 1.29 is 9.18 Å². The van der Waals surface area contributed by atoms with Crippen LogP contribution in [0.15, 0.2) is 65.7 Å². The largest absolute Gasteiger partial charge is 0.341 e. The number of rotatable bonds is 5. The second-order valence-electron chi connectivity index (χ2n) is 8.34. The van der Waals surface area contributed by atoms with E-state index in [1.165, 1.54) is 45.4 Å². The van der Waals surface area contributed by atoms with Crippen LogP contribution in [-0.2, 0) is 17.8 Å². The van der Waals surface area contributed by atoms with Gasteiger partial charge in [0.2, 0.25) is 5.91 Å². The third kappa shape index (κ3) is 4.39. The molecule has 0 N–H and O–H groups in total. The van der Waals surface area contributed by atoms with Gasteiger partial charge in [0.1, 0.15) is 18.7 Å². The van der Waals surface area contributed by atoms with Crippen molar-refractivity contribution in [3.05, 3.63) is 82.7 Å². The molecule has 0 bridgehead atoms. The van der Waals surface area contributed by atoms with E-state index in [2.05, 4.69) is 39.6 Å². The number of benzene rings is 2. The molecule has 1 amide bonds. The number of likely N-dealkylation sites (tertiary alicyclic amines) is 1. The summed E-state index contributed by atoms with van der Waals surface area (Å²) in [5.41, 5.74) is 1.76. The number of fused-ring (bicyclic) bond motifs is 1. The van der Waals surface area contributed by atoms with Crippen molar-refractivity contribution in [2.24, 2.45) is 5.92 Å². The third-order valence-corrected chi connectivity index (χ3v) is 6.14. The summed E-state index contributed by atoms with van der Waals surface area (Å²) < 4.78 is 15.8. The van der Waals surface area contributed by atoms with E-state index in [-0.39, 0.29) is 29.4 Å². The molecule has 2 aromatic heterocycles. The predicted molar refractivity (Wildman–Crippen MR) is 120 cm³/mol. The zero-order valence-corrected chi connectivity index (χ0v) is 18.0. The molecule has 1 fully saturated rings. The topological polar surface area (TPSA) is 85.9 Å². The van der Waals surface area contributed by atoms with E-state index < -0.39 is 5.56 Å². The molecule has 1 aliphatic heterocycles. The van der Waals surface area contributed by atoms with Crippen LogP contribution in [0.5, 0.6) is 0 Å². The Morgan fingerprint density at radius 2 is 1.76 bits per heavy atom. The minimum Gasteiger partial charge on any atom is -0.341 e. The van der Waals surface area contributed by atoms with E-state index in [1.54, 1.807) is 0 Å². The van der Waals surface area contributed by atoms with Gasteiger partial charge >= 0.3 is 0 Å². The molecular weight excluding hydrogens is 423 g/mol. The average Bonchev–Trinajstić information content (AvgIpc) is 3.27. The number of hydrogen-bond acceptors (Lipinski definition) is 5. The monoisotopic (exact) mass is 446 g/mol. The van der Waals surface area contributed by atoms with Crippen LogP contribution in [0, 0.1) is 11.7 Å². The second-order valence-corrected chi connectivity index (χ2v) is 8.34. The Balaban J connectivity index is 1.26. The fourth-order valence-electron chi connectivity index (χ4n) is 4.29. The van der Waals surface area contributed by atoms with Crippen LogP contribution >= 0.6 is 0 Å². The van der Waals surface area contributed by atoms with Gasteiger partial charge in [0, 0.05) is 13.1 Å². The molecule has 9 heteroatoms. The van der Waals surface area contributed by atoms with Crippen LogP contribution in [-0.4, -0.2) is 48.4 Å². The van der Waals surface area contributed by atoms with Crippen LogP contribution in [0.4, 0.5) is 4.39 Å². The van der Waals surface area contributed by atoms with Crippen molar-refractivity contribution in [3.63, 3.8) is 0 Å². The SMILES string of the molecule is O=C(Cn1cnc2c(nnn2-c2ccc(F)cc2)c1=O)N1CCC(Cc2ccccc2)CC1. The van der Waals surface area contributed by atoms with Crippen molar-refractivity contribution >= 4 is 17.1 Å². The quantitative estimate of drug-likeness (QED) is 0.470. The summed E-state index contributed by atoms with van der Waals surface area (Å²) in [4.78, 5) is 31.8. The number of amides is 1. The number of halogens is 1. The molecule has 0 radical (unpaired) electrons. The van der Waals surface area contributed by atoms with Crippen molar-refractivity contribution in [3.8, 4) is 5.69 Å². The van der Waals surface area contributed by atoms with Gasteiger partial charge in [-0.1, -0.05) is 35.5 Å². The Bertz CT molecular complexity index is 1320. The molecule has 0 atom stereocenters. The Kier molecular flexibility index (Phi) is 5.68. The number of nitrogens with zero attached hydrogens (tertiary/aromatic N) is 6. The smallest absolute Gasteiger partial charge is 0.284 e. The van der Waals surface area contributed by atoms with Gasteiger partial charge < -0.3 is 4.90 Å². The van der Waals surface area contributed by atoms with Crippen molar-refractivity contribution in [2.45, 2.75) is 25.8 Å². The molecule has 0 unspecified atom stereocenters. The molecule has 2 aromatic carbocycles. The van der Waals surface area contributed by atoms with Crippen molar-refractivity contribution in [1.29, 1.82) is 0 Å². The highest BCUT2D eigenvalue weighted by Crippen LogP contribution is 2.22. The molecule has 1 aliphatic rings. The highest BCUT2D eigenvalue weighted by atomic mass is 19.1. The summed E-state index contributed by atoms with van der Waals surface area (Å²) in [5.74, 6) is 0.0714. The summed E-state index contributed by atoms with van der Waals surface area (Å²) in [5, 5.41) is 7.93. The van der Waals surface area contributed by atoms with Crippen LogP contribution in [0.25, 0.3) is 16.9 Å². The fraction of sp³-hybridized carbons (Fsp3) is 0.292. The normalized spacial score (nSPS) is 14.6. The highest BCUT2D eigenvalue weighted by Gasteiger charge is 2.24. The van der Waals surface area contributed by atoms with Crippen LogP contribution < -0.4 is 5.56 Å². The van der Waals surface area contributed by atoms with E-state index >= 15 is 0 Å². The Hall–Kier alpha value is -3.88. The molecular formula is C24H23FN6O2. The third-order valence-electron chi connectivity index (χ3n) is 6.14. The van der Waals surface area contributed by atoms with Gasteiger partial charge in [-0.3, -0.25) is 14.2 Å². The van der Waals surface area contributed by atoms with Crippen LogP contribution in [0.1, 0.15) is 18.4 Å². The first kappa shape index (κ1) is 21.0. The molecule has 0 spiro atoms. The minimum atomic E-state index is -0.430. The number of carbonyl (C=O) groups excluding carboxylic acids is 1. The van der Waals surface area contributed by atoms with Crippen molar-refractivity contribution in [1.82, 2.24) is 29.4 Å². The lowest BCUT2D eigenvalue weighted by atomic mass is 9.90. The van der Waals surface area contributed by atoms with E-state index in [9.17, 15) is 14.0 Å². The zero-order chi connectivity index (χ0) is 22.8. The summed E-state index contributed by atoms with van der Waals surface area (Å²) in [6.45, 7) is 1.28. The molecule has 8 nitrogen and oxygen atoms in total. The lowest BCUT2D eigenvalue weighted by Gasteiger charge is -2.32. The Labute approximate surface area is 189 Å². The lowest BCUT2D eigenvalue weighted by molar-refractivity contribution is -0.133. The van der Waals surface area contributed by atoms with E-state index in [0.717, 1.165) is 19.3 Å². The van der Waals surface area contributed by atoms with Gasteiger partial charge in [-0.15, -0.1) is 5.10 Å². The minimum absolute atomic E-state index is 0.0659. The van der Waals surface area contributed by atoms with Gasteiger partial charge in [-0.05, 0) is 55.0 Å². The average molecular weight is 446 g/mol. The van der Waals surface area contributed by atoms with Gasteiger partial charge in [-0.25, -0.2) is 9.37 Å². The van der Waals surface area contributed by atoms with E-state index in [0.29, 0.717) is 24.7 Å². The molecule has 33 heavy (non-hydrogen) atoms. The molecule has 0 saturated carbocycles. The maximum Gasteiger partial charge on any atom is 0.284 e. The molecule has 3 heterocycles. The summed E-state index contributed by atoms with van der Waals surface area (Å²) in [7, 11) is 0. The van der Waals surface area contributed by atoms with Gasteiger partial charge in [0.25, 0.3) is 5.56 Å². The molecule has 0 aliphatic carbocycles. The summed E-state index contributed by atoms with van der Waals surface area (Å²) in [6.07, 6.45) is 4.25. The lowest BCUT2D eigenvalue weighted by Crippen LogP contribution is -2.42. The number of aromatic nitrogens is 5.